The molecule has 0 aromatic heterocycles. The smallest absolute Gasteiger partial charge is 0.347 e. The normalized spacial score (nSPS) is 17.4. The third-order valence-electron chi connectivity index (χ3n) is 20.7. The lowest BCUT2D eigenvalue weighted by atomic mass is 9.78. The molecule has 7 aliphatic heterocycles. The first-order chi connectivity index (χ1) is 60.3. The van der Waals surface area contributed by atoms with Gasteiger partial charge in [0.05, 0.1) is 123 Å². The first kappa shape index (κ1) is 89.2. The Morgan fingerprint density at radius 2 is 0.808 bits per heavy atom. The van der Waals surface area contributed by atoms with Crippen molar-refractivity contribution in [2.45, 2.75) is 41.7 Å². The van der Waals surface area contributed by atoms with Crippen molar-refractivity contribution in [2.75, 3.05) is 92.9 Å². The van der Waals surface area contributed by atoms with Crippen LogP contribution in [-0.2, 0) is 34.3 Å². The van der Waals surface area contributed by atoms with Crippen molar-refractivity contribution in [1.29, 1.82) is 26.3 Å². The molecule has 7 heterocycles. The molecular formula is C93H69BrCl5N15O11. The molecule has 3 N–H and O–H groups in total. The van der Waals surface area contributed by atoms with Gasteiger partial charge in [-0.15, -0.1) is 0 Å². The van der Waals surface area contributed by atoms with Gasteiger partial charge in [0.15, 0.2) is 22.5 Å². The Kier molecular flexibility index (Phi) is 27.7. The molecule has 7 aliphatic rings. The Labute approximate surface area is 751 Å². The van der Waals surface area contributed by atoms with Crippen LogP contribution in [0.2, 0.25) is 25.1 Å². The van der Waals surface area contributed by atoms with Crippen LogP contribution in [0.4, 0.5) is 70.4 Å². The Morgan fingerprint density at radius 1 is 0.432 bits per heavy atom. The molecule has 0 aliphatic carbocycles. The highest BCUT2D eigenvalue weighted by Crippen LogP contribution is 2.55. The lowest BCUT2D eigenvalue weighted by Crippen LogP contribution is -2.70. The Bertz CT molecular complexity index is 6150. The number of urea groups is 4. The fraction of sp³-hybridized carbons (Fsp3) is 0.161. The van der Waals surface area contributed by atoms with E-state index in [1.54, 1.807) is 228 Å². The maximum atomic E-state index is 14.0. The van der Waals surface area contributed by atoms with Crippen molar-refractivity contribution >= 4 is 167 Å². The zero-order valence-electron chi connectivity index (χ0n) is 66.2. The largest absolute Gasteiger partial charge is 0.376 e. The van der Waals surface area contributed by atoms with Crippen molar-refractivity contribution in [1.82, 2.24) is 0 Å². The van der Waals surface area contributed by atoms with Crippen LogP contribution < -0.4 is 40.0 Å². The molecule has 1 unspecified atom stereocenters. The van der Waals surface area contributed by atoms with Gasteiger partial charge >= 0.3 is 24.1 Å². The SMILES string of the molecule is Cc1cccc(Br)c1.Cc1cccc(C2(O)N(c3ccc(Cl)cc3)C(=O)N(c3ccc(C#N)cc3)C23COC3)c1.N#Cc1ccc(N2C(=O)N(c3ccc(Cl)cc3)C(=NC(=O)Nc3ccc(Cl)cc3)C23COC3)cc1.N#Cc1ccc(N2C(=O)N(c3ccc(Cl)cc3)C(=O)C23COC3)cc1.N#Cc1ccc(NC2(C#N)COC2)cc1.O=C=Nc1ccc(Cl)cc1. The third kappa shape index (κ3) is 18.8. The van der Waals surface area contributed by atoms with Gasteiger partial charge in [0.25, 0.3) is 5.91 Å². The number of nitrogens with one attached hydrogen (secondary N) is 2. The monoisotopic (exact) mass is 1830 g/mol. The van der Waals surface area contributed by atoms with Crippen molar-refractivity contribution in [2.24, 2.45) is 9.98 Å². The Balaban J connectivity index is 0.000000137. The number of imide groups is 1. The number of hydrogen-bond donors (Lipinski definition) is 3. The second-order valence-electron chi connectivity index (χ2n) is 29.0. The van der Waals surface area contributed by atoms with Gasteiger partial charge in [0.2, 0.25) is 11.8 Å². The lowest BCUT2D eigenvalue weighted by Gasteiger charge is -2.51. The van der Waals surface area contributed by atoms with Gasteiger partial charge < -0.3 is 34.7 Å². The molecule has 32 heteroatoms. The third-order valence-corrected chi connectivity index (χ3v) is 22.5. The summed E-state index contributed by atoms with van der Waals surface area (Å²) in [6.07, 6.45) is 1.44. The average molecular weight is 1830 g/mol. The maximum absolute atomic E-state index is 14.0. The van der Waals surface area contributed by atoms with Crippen LogP contribution in [0.5, 0.6) is 0 Å². The molecule has 125 heavy (non-hydrogen) atoms. The van der Waals surface area contributed by atoms with E-state index in [9.17, 15) is 33.9 Å². The van der Waals surface area contributed by atoms with E-state index in [2.05, 4.69) is 73.8 Å². The maximum Gasteiger partial charge on any atom is 0.347 e. The number of amides is 9. The molecule has 9 amide bonds. The Morgan fingerprint density at radius 3 is 1.20 bits per heavy atom. The molecule has 0 radical (unpaired) electrons. The van der Waals surface area contributed by atoms with E-state index in [0.29, 0.717) is 112 Å². The highest BCUT2D eigenvalue weighted by Gasteiger charge is 2.72. The van der Waals surface area contributed by atoms with Crippen LogP contribution in [0.1, 0.15) is 38.9 Å². The first-order valence-electron chi connectivity index (χ1n) is 38.0. The minimum Gasteiger partial charge on any atom is -0.376 e. The van der Waals surface area contributed by atoms with Gasteiger partial charge in [-0.05, 0) is 244 Å². The quantitative estimate of drug-likeness (QED) is 0.0615. The van der Waals surface area contributed by atoms with Crippen molar-refractivity contribution in [3.63, 3.8) is 0 Å². The van der Waals surface area contributed by atoms with Gasteiger partial charge in [-0.1, -0.05) is 121 Å². The number of aryl methyl sites for hydroxylation is 2. The topological polar surface area (TPSA) is 347 Å². The van der Waals surface area contributed by atoms with E-state index >= 15 is 0 Å². The minimum absolute atomic E-state index is 0.141. The summed E-state index contributed by atoms with van der Waals surface area (Å²) in [5.74, 6) is -0.0951. The highest BCUT2D eigenvalue weighted by atomic mass is 79.9. The number of amidine groups is 1. The van der Waals surface area contributed by atoms with Gasteiger partial charge in [-0.2, -0.15) is 36.3 Å². The summed E-state index contributed by atoms with van der Waals surface area (Å²) in [5, 5.41) is 65.8. The molecule has 11 aromatic carbocycles. The van der Waals surface area contributed by atoms with Crippen molar-refractivity contribution in [3.05, 3.63) is 335 Å². The number of carbonyl (C=O) groups excluding carboxylic acids is 6. The molecule has 1 atom stereocenters. The number of hydrogen-bond acceptors (Lipinski definition) is 18. The van der Waals surface area contributed by atoms with Crippen LogP contribution in [-0.4, -0.2) is 122 Å². The second-order valence-corrected chi connectivity index (χ2v) is 32.1. The van der Waals surface area contributed by atoms with Crippen molar-refractivity contribution in [3.8, 4) is 30.3 Å². The van der Waals surface area contributed by atoms with E-state index in [1.165, 1.54) is 26.3 Å². The van der Waals surface area contributed by atoms with Crippen LogP contribution in [0.25, 0.3) is 0 Å². The number of isocyanates is 1. The van der Waals surface area contributed by atoms with Crippen LogP contribution in [0.15, 0.2) is 281 Å². The molecule has 0 saturated carbocycles. The average Bonchev–Trinajstić information content (AvgIpc) is 1.51. The Hall–Kier alpha value is -13.6. The predicted octanol–water partition coefficient (Wildman–Crippen LogP) is 19.6. The number of halogens is 6. The summed E-state index contributed by atoms with van der Waals surface area (Å²) >= 11 is 32.9. The van der Waals surface area contributed by atoms with Gasteiger partial charge in [-0.3, -0.25) is 24.4 Å². The fourth-order valence-corrected chi connectivity index (χ4v) is 15.4. The number of anilines is 8. The molecule has 11 aromatic rings. The first-order valence-corrected chi connectivity index (χ1v) is 40.7. The lowest BCUT2D eigenvalue weighted by molar-refractivity contribution is -0.153. The summed E-state index contributed by atoms with van der Waals surface area (Å²) in [4.78, 5) is 92.8. The molecule has 3 spiro atoms. The van der Waals surface area contributed by atoms with E-state index in [-0.39, 0.29) is 57.4 Å². The fourth-order valence-electron chi connectivity index (χ4n) is 14.3. The number of nitriles is 5. The summed E-state index contributed by atoms with van der Waals surface area (Å²) in [6, 6.07) is 84.5. The van der Waals surface area contributed by atoms with E-state index in [1.807, 2.05) is 55.5 Å². The molecule has 18 rings (SSSR count). The summed E-state index contributed by atoms with van der Waals surface area (Å²) < 4.78 is 22.6. The number of aliphatic imine (C=N–C) groups is 2. The van der Waals surface area contributed by atoms with Crippen LogP contribution in [0, 0.1) is 70.5 Å². The molecule has 7 saturated heterocycles. The van der Waals surface area contributed by atoms with Crippen LogP contribution >= 0.6 is 73.9 Å². The van der Waals surface area contributed by atoms with E-state index in [4.69, 9.17) is 103 Å². The number of ether oxygens (including phenoxy) is 4. The minimum atomic E-state index is -1.70. The molecule has 624 valence electrons. The zero-order chi connectivity index (χ0) is 88.8. The molecule has 26 nitrogen and oxygen atoms in total. The van der Waals surface area contributed by atoms with Crippen LogP contribution in [0.3, 0.4) is 0 Å². The molecule has 0 bridgehead atoms. The zero-order valence-corrected chi connectivity index (χ0v) is 71.5. The standard InChI is InChI=1S/C25H17Cl2N5O3.C25H20ClN3O3.C18H12ClN3O3.C11H9N3O.C7H7Br.C7H4ClNO/c26-17-3-7-19(8-4-17)29-23(33)30-22-25(14-35-15-25)32(21-9-1-16(13-28)2-10-21)24(34)31(22)20-11-5-18(27)6-12-20;1-17-3-2-4-19(13-17)25(31)24(15-32-16-24)28(21-9-5-18(14-27)6-10-21)23(30)29(25)22-11-7-20(26)8-12-22;19-13-3-7-14(8-4-13)21-16(23)18(10-25-11-18)22(17(21)24)15-5-1-12(9-20)2-6-15;12-5-9-1-3-10(4-2-9)14-11(6-13)7-15-8-11;1-6-3-2-4-7(8)5-6;8-6-1-3-7(4-2-6)9-5-10/h1-12H,14-15H2,(H,29,33);2-13,31H,15-16H2,1H3;1-8H,10-11H2;1-4,14H,7-8H2;2-5H,1H3;1-4H. The summed E-state index contributed by atoms with van der Waals surface area (Å²) in [5.41, 5.74) is 4.60. The molecule has 7 fully saturated rings. The van der Waals surface area contributed by atoms with E-state index < -0.39 is 46.0 Å². The number of nitrogens with zero attached hydrogens (tertiary/aromatic N) is 13. The second kappa shape index (κ2) is 38.9. The van der Waals surface area contributed by atoms with Crippen molar-refractivity contribution < 1.29 is 52.8 Å². The molecular weight excluding hydrogens is 1760 g/mol. The van der Waals surface area contributed by atoms with Gasteiger partial charge in [0.1, 0.15) is 5.54 Å². The van der Waals surface area contributed by atoms with Gasteiger partial charge in [0, 0.05) is 69.3 Å². The number of rotatable bonds is 11. The summed E-state index contributed by atoms with van der Waals surface area (Å²) in [7, 11) is 0. The predicted molar refractivity (Wildman–Crippen MR) is 480 cm³/mol. The summed E-state index contributed by atoms with van der Waals surface area (Å²) in [6.45, 7) is 5.73. The number of carbonyl (C=O) groups is 5. The van der Waals surface area contributed by atoms with E-state index in [0.717, 1.165) is 20.6 Å². The highest BCUT2D eigenvalue weighted by molar-refractivity contribution is 9.10. The van der Waals surface area contributed by atoms with Gasteiger partial charge in [-0.25, -0.2) is 33.8 Å². The number of aliphatic hydroxyl groups is 1. The number of benzene rings is 11.